The van der Waals surface area contributed by atoms with Crippen molar-refractivity contribution in [1.29, 1.82) is 0 Å². The second-order valence-corrected chi connectivity index (χ2v) is 4.30. The predicted octanol–water partition coefficient (Wildman–Crippen LogP) is 1.06. The molecule has 18 heavy (non-hydrogen) atoms. The minimum atomic E-state index is -0.212. The van der Waals surface area contributed by atoms with Gasteiger partial charge in [0.25, 0.3) is 0 Å². The Labute approximate surface area is 103 Å². The Hall–Kier alpha value is -2.24. The molecule has 3 rings (SSSR count). The van der Waals surface area contributed by atoms with Crippen LogP contribution in [0.5, 0.6) is 0 Å². The van der Waals surface area contributed by atoms with Crippen LogP contribution < -0.4 is 0 Å². The molecule has 1 amide bonds. The van der Waals surface area contributed by atoms with Crippen LogP contribution in [0.25, 0.3) is 11.0 Å². The average Bonchev–Trinajstić information content (AvgIpc) is 2.82. The molecule has 0 bridgehead atoms. The highest BCUT2D eigenvalue weighted by Gasteiger charge is 2.23. The van der Waals surface area contributed by atoms with E-state index < -0.39 is 0 Å². The van der Waals surface area contributed by atoms with Crippen LogP contribution in [-0.4, -0.2) is 44.8 Å². The van der Waals surface area contributed by atoms with Crippen molar-refractivity contribution < 1.29 is 9.59 Å². The van der Waals surface area contributed by atoms with Crippen LogP contribution in [-0.2, 0) is 4.79 Å². The van der Waals surface area contributed by atoms with E-state index in [9.17, 15) is 9.59 Å². The number of amides is 1. The lowest BCUT2D eigenvalue weighted by molar-refractivity contribution is -0.120. The lowest BCUT2D eigenvalue weighted by atomic mass is 10.1. The maximum absolute atomic E-state index is 12.3. The van der Waals surface area contributed by atoms with Crippen molar-refractivity contribution in [1.82, 2.24) is 19.9 Å². The molecule has 2 aromatic rings. The molecule has 0 saturated carbocycles. The van der Waals surface area contributed by atoms with Crippen LogP contribution in [0.2, 0.25) is 0 Å². The summed E-state index contributed by atoms with van der Waals surface area (Å²) in [6, 6.07) is 7.10. The van der Waals surface area contributed by atoms with E-state index in [1.807, 2.05) is 24.3 Å². The Balaban J connectivity index is 1.90. The van der Waals surface area contributed by atoms with Crippen molar-refractivity contribution in [2.45, 2.75) is 12.8 Å². The molecule has 0 spiro atoms. The van der Waals surface area contributed by atoms with Crippen LogP contribution in [0.4, 0.5) is 4.79 Å². The second-order valence-electron chi connectivity index (χ2n) is 4.30. The molecule has 1 aliphatic rings. The summed E-state index contributed by atoms with van der Waals surface area (Å²) in [5.74, 6) is 0.211. The number of aromatic nitrogens is 3. The highest BCUT2D eigenvalue weighted by atomic mass is 16.2. The Morgan fingerprint density at radius 1 is 1.17 bits per heavy atom. The van der Waals surface area contributed by atoms with Crippen LogP contribution in [0.1, 0.15) is 12.8 Å². The molecular weight excluding hydrogens is 232 g/mol. The van der Waals surface area contributed by atoms with Crippen LogP contribution in [0.15, 0.2) is 24.3 Å². The van der Waals surface area contributed by atoms with E-state index in [1.54, 1.807) is 4.90 Å². The Bertz CT molecular complexity index is 609. The van der Waals surface area contributed by atoms with Crippen molar-refractivity contribution in [3.05, 3.63) is 24.3 Å². The number of ketones is 1. The van der Waals surface area contributed by atoms with Crippen molar-refractivity contribution in [2.75, 3.05) is 13.1 Å². The van der Waals surface area contributed by atoms with Crippen molar-refractivity contribution in [3.63, 3.8) is 0 Å². The molecule has 6 heteroatoms. The third-order valence-corrected chi connectivity index (χ3v) is 3.12. The van der Waals surface area contributed by atoms with Gasteiger partial charge in [0, 0.05) is 25.9 Å². The zero-order valence-corrected chi connectivity index (χ0v) is 9.74. The minimum Gasteiger partial charge on any atom is -0.322 e. The number of benzene rings is 1. The molecule has 0 atom stereocenters. The number of carbonyl (C=O) groups excluding carboxylic acids is 2. The highest BCUT2D eigenvalue weighted by molar-refractivity contribution is 5.89. The number of para-hydroxylation sites is 1. The van der Waals surface area contributed by atoms with Gasteiger partial charge in [-0.25, -0.2) is 4.79 Å². The summed E-state index contributed by atoms with van der Waals surface area (Å²) in [5, 5.41) is 7.83. The molecular formula is C12H12N4O2. The first-order chi connectivity index (χ1) is 8.75. The normalized spacial score (nSPS) is 16.2. The van der Waals surface area contributed by atoms with Gasteiger partial charge in [-0.1, -0.05) is 17.3 Å². The Morgan fingerprint density at radius 3 is 2.67 bits per heavy atom. The summed E-state index contributed by atoms with van der Waals surface area (Å²) in [4.78, 5) is 25.1. The van der Waals surface area contributed by atoms with Crippen molar-refractivity contribution in [3.8, 4) is 0 Å². The SMILES string of the molecule is O=C1CCN(C(=O)n2nnc3ccccc32)CC1. The number of rotatable bonds is 0. The molecule has 0 aliphatic carbocycles. The maximum Gasteiger partial charge on any atom is 0.346 e. The van der Waals surface area contributed by atoms with E-state index in [4.69, 9.17) is 0 Å². The molecule has 1 fully saturated rings. The van der Waals surface area contributed by atoms with Gasteiger partial charge in [-0.05, 0) is 12.1 Å². The highest BCUT2D eigenvalue weighted by Crippen LogP contribution is 2.13. The zero-order valence-electron chi connectivity index (χ0n) is 9.74. The summed E-state index contributed by atoms with van der Waals surface area (Å²) in [6.45, 7) is 0.928. The molecule has 1 aromatic carbocycles. The number of nitrogens with zero attached hydrogens (tertiary/aromatic N) is 4. The number of likely N-dealkylation sites (tertiary alicyclic amines) is 1. The predicted molar refractivity (Wildman–Crippen MR) is 64.1 cm³/mol. The van der Waals surface area contributed by atoms with Gasteiger partial charge in [0.15, 0.2) is 0 Å². The number of Topliss-reactive ketones (excluding diaryl/α,β-unsaturated/α-hetero) is 1. The summed E-state index contributed by atoms with van der Waals surface area (Å²) in [6.07, 6.45) is 0.858. The number of hydrogen-bond donors (Lipinski definition) is 0. The summed E-state index contributed by atoms with van der Waals surface area (Å²) in [7, 11) is 0. The number of fused-ring (bicyclic) bond motifs is 1. The van der Waals surface area contributed by atoms with Gasteiger partial charge in [-0.15, -0.1) is 5.10 Å². The molecule has 6 nitrogen and oxygen atoms in total. The molecule has 1 aliphatic heterocycles. The fraction of sp³-hybridized carbons (Fsp3) is 0.333. The van der Waals surface area contributed by atoms with Gasteiger partial charge >= 0.3 is 6.03 Å². The molecule has 0 radical (unpaired) electrons. The van der Waals surface area contributed by atoms with E-state index in [2.05, 4.69) is 10.3 Å². The largest absolute Gasteiger partial charge is 0.346 e. The Morgan fingerprint density at radius 2 is 1.89 bits per heavy atom. The van der Waals surface area contributed by atoms with E-state index >= 15 is 0 Å². The van der Waals surface area contributed by atoms with Gasteiger partial charge in [0.05, 0.1) is 5.52 Å². The van der Waals surface area contributed by atoms with Crippen molar-refractivity contribution in [2.24, 2.45) is 0 Å². The van der Waals surface area contributed by atoms with Gasteiger partial charge in [0.2, 0.25) is 0 Å². The van der Waals surface area contributed by atoms with Crippen LogP contribution >= 0.6 is 0 Å². The summed E-state index contributed by atoms with van der Waals surface area (Å²) >= 11 is 0. The quantitative estimate of drug-likeness (QED) is 0.695. The topological polar surface area (TPSA) is 68.1 Å². The lowest BCUT2D eigenvalue weighted by Gasteiger charge is -2.25. The fourth-order valence-corrected chi connectivity index (χ4v) is 2.09. The van der Waals surface area contributed by atoms with Gasteiger partial charge < -0.3 is 4.90 Å². The number of carbonyl (C=O) groups is 2. The van der Waals surface area contributed by atoms with Crippen molar-refractivity contribution >= 4 is 22.8 Å². The molecule has 92 valence electrons. The maximum atomic E-state index is 12.3. The Kier molecular flexibility index (Phi) is 2.55. The van der Waals surface area contributed by atoms with E-state index in [0.29, 0.717) is 37.0 Å². The summed E-state index contributed by atoms with van der Waals surface area (Å²) in [5.41, 5.74) is 1.39. The average molecular weight is 244 g/mol. The lowest BCUT2D eigenvalue weighted by Crippen LogP contribution is -2.41. The standard InChI is InChI=1S/C12H12N4O2/c17-9-5-7-15(8-6-9)12(18)16-11-4-2-1-3-10(11)13-14-16/h1-4H,5-8H2. The zero-order chi connectivity index (χ0) is 12.5. The first-order valence-electron chi connectivity index (χ1n) is 5.87. The van der Waals surface area contributed by atoms with E-state index in [0.717, 1.165) is 0 Å². The first kappa shape index (κ1) is 10.9. The first-order valence-corrected chi connectivity index (χ1v) is 5.87. The number of hydrogen-bond acceptors (Lipinski definition) is 4. The summed E-state index contributed by atoms with van der Waals surface area (Å²) < 4.78 is 1.30. The van der Waals surface area contributed by atoms with E-state index in [-0.39, 0.29) is 11.8 Å². The monoisotopic (exact) mass is 244 g/mol. The third-order valence-electron chi connectivity index (χ3n) is 3.12. The molecule has 0 unspecified atom stereocenters. The second kappa shape index (κ2) is 4.21. The van der Waals surface area contributed by atoms with E-state index in [1.165, 1.54) is 4.68 Å². The number of piperidine rings is 1. The van der Waals surface area contributed by atoms with Gasteiger partial charge in [0.1, 0.15) is 11.3 Å². The van der Waals surface area contributed by atoms with Crippen LogP contribution in [0.3, 0.4) is 0 Å². The van der Waals surface area contributed by atoms with Gasteiger partial charge in [-0.2, -0.15) is 4.68 Å². The molecule has 2 heterocycles. The minimum absolute atomic E-state index is 0.211. The van der Waals surface area contributed by atoms with Gasteiger partial charge in [-0.3, -0.25) is 4.79 Å². The molecule has 0 N–H and O–H groups in total. The fourth-order valence-electron chi connectivity index (χ4n) is 2.09. The van der Waals surface area contributed by atoms with Crippen LogP contribution in [0, 0.1) is 0 Å². The molecule has 1 aromatic heterocycles. The molecule has 1 saturated heterocycles. The smallest absolute Gasteiger partial charge is 0.322 e. The third kappa shape index (κ3) is 1.75.